The summed E-state index contributed by atoms with van der Waals surface area (Å²) in [5.41, 5.74) is 2.60. The number of fused-ring (bicyclic) bond motifs is 2. The van der Waals surface area contributed by atoms with E-state index in [2.05, 4.69) is 6.92 Å². The Bertz CT molecular complexity index is 1810. The van der Waals surface area contributed by atoms with Gasteiger partial charge in [0, 0.05) is 12.0 Å². The predicted molar refractivity (Wildman–Crippen MR) is 178 cm³/mol. The minimum atomic E-state index is -0.969. The summed E-state index contributed by atoms with van der Waals surface area (Å²) < 4.78 is 24.4. The number of benzene rings is 3. The lowest BCUT2D eigenvalue weighted by Gasteiger charge is -2.24. The lowest BCUT2D eigenvalue weighted by atomic mass is 9.94. The molecule has 2 atom stereocenters. The summed E-state index contributed by atoms with van der Waals surface area (Å²) in [4.78, 5) is 33.9. The van der Waals surface area contributed by atoms with E-state index in [9.17, 15) is 14.7 Å². The molecule has 1 fully saturated rings. The molecular formula is C36H38N2O7S. The third kappa shape index (κ3) is 6.01. The maximum atomic E-state index is 13.9. The zero-order valence-corrected chi connectivity index (χ0v) is 27.3. The molecular weight excluding hydrogens is 604 g/mol. The van der Waals surface area contributed by atoms with Crippen molar-refractivity contribution in [2.75, 3.05) is 24.7 Å². The van der Waals surface area contributed by atoms with Crippen LogP contribution in [0.3, 0.4) is 0 Å². The number of nitrogens with zero attached hydrogens (tertiary/aromatic N) is 2. The van der Waals surface area contributed by atoms with Crippen molar-refractivity contribution in [1.29, 1.82) is 0 Å². The van der Waals surface area contributed by atoms with E-state index in [4.69, 9.17) is 23.9 Å². The summed E-state index contributed by atoms with van der Waals surface area (Å²) in [6, 6.07) is 15.3. The second kappa shape index (κ2) is 13.4. The Morgan fingerprint density at radius 2 is 1.80 bits per heavy atom. The number of ketones is 1. The van der Waals surface area contributed by atoms with Crippen molar-refractivity contribution < 1.29 is 33.6 Å². The van der Waals surface area contributed by atoms with Crippen LogP contribution >= 0.6 is 11.3 Å². The number of hydrogen-bond acceptors (Lipinski definition) is 9. The van der Waals surface area contributed by atoms with E-state index < -0.39 is 17.7 Å². The Balaban J connectivity index is 1.48. The molecule has 3 aromatic carbocycles. The number of carbonyl (C=O) groups excluding carboxylic acids is 2. The predicted octanol–water partition coefficient (Wildman–Crippen LogP) is 7.61. The third-order valence-corrected chi connectivity index (χ3v) is 9.09. The first-order chi connectivity index (χ1) is 22.3. The molecule has 4 aromatic rings. The quantitative estimate of drug-likeness (QED) is 0.0728. The molecule has 0 bridgehead atoms. The fourth-order valence-corrected chi connectivity index (χ4v) is 6.96. The lowest BCUT2D eigenvalue weighted by molar-refractivity contribution is -0.132. The van der Waals surface area contributed by atoms with Gasteiger partial charge in [0.25, 0.3) is 5.78 Å². The Labute approximate surface area is 272 Å². The number of anilines is 1. The Morgan fingerprint density at radius 3 is 2.59 bits per heavy atom. The van der Waals surface area contributed by atoms with Gasteiger partial charge in [0.2, 0.25) is 0 Å². The van der Waals surface area contributed by atoms with Crippen LogP contribution in [-0.2, 0) is 16.0 Å². The molecule has 3 heterocycles. The van der Waals surface area contributed by atoms with E-state index in [0.29, 0.717) is 65.3 Å². The number of carbonyl (C=O) groups is 2. The second-order valence-electron chi connectivity index (χ2n) is 11.4. The molecule has 10 heteroatoms. The van der Waals surface area contributed by atoms with Gasteiger partial charge in [0.05, 0.1) is 41.7 Å². The maximum absolute atomic E-state index is 13.9. The number of rotatable bonds is 12. The van der Waals surface area contributed by atoms with E-state index in [0.717, 1.165) is 35.3 Å². The topological polar surface area (TPSA) is 107 Å². The SMILES string of the molecule is CCCCCOc1ccc(C2C(=C(O)c3ccc4c(c3)CC(C)O4)C(=O)C(=O)N2c2nc3ccc(OCC)cc3s2)cc1OCC. The minimum Gasteiger partial charge on any atom is -0.507 e. The summed E-state index contributed by atoms with van der Waals surface area (Å²) in [5, 5.41) is 12.1. The zero-order chi connectivity index (χ0) is 32.4. The summed E-state index contributed by atoms with van der Waals surface area (Å²) in [6.07, 6.45) is 3.74. The van der Waals surface area contributed by atoms with Crippen LogP contribution in [0.2, 0.25) is 0 Å². The maximum Gasteiger partial charge on any atom is 0.301 e. The fourth-order valence-electron chi connectivity index (χ4n) is 5.94. The first-order valence-corrected chi connectivity index (χ1v) is 16.7. The van der Waals surface area contributed by atoms with E-state index in [1.807, 2.05) is 51.1 Å². The highest BCUT2D eigenvalue weighted by Crippen LogP contribution is 2.46. The number of aliphatic hydroxyl groups excluding tert-OH is 1. The first-order valence-electron chi connectivity index (χ1n) is 15.9. The number of unbranched alkanes of at least 4 members (excludes halogenated alkanes) is 2. The summed E-state index contributed by atoms with van der Waals surface area (Å²) in [6.45, 7) is 9.36. The van der Waals surface area contributed by atoms with Crippen LogP contribution in [0, 0.1) is 0 Å². The minimum absolute atomic E-state index is 0.0138. The van der Waals surface area contributed by atoms with Crippen molar-refractivity contribution in [1.82, 2.24) is 4.98 Å². The van der Waals surface area contributed by atoms with Gasteiger partial charge in [-0.1, -0.05) is 37.2 Å². The molecule has 1 saturated heterocycles. The van der Waals surface area contributed by atoms with Gasteiger partial charge in [-0.2, -0.15) is 0 Å². The molecule has 0 aliphatic carbocycles. The summed E-state index contributed by atoms with van der Waals surface area (Å²) >= 11 is 1.28. The van der Waals surface area contributed by atoms with Crippen LogP contribution in [0.25, 0.3) is 16.0 Å². The van der Waals surface area contributed by atoms with Gasteiger partial charge in [-0.15, -0.1) is 0 Å². The lowest BCUT2D eigenvalue weighted by Crippen LogP contribution is -2.29. The van der Waals surface area contributed by atoms with Crippen molar-refractivity contribution in [3.05, 3.63) is 76.9 Å². The highest BCUT2D eigenvalue weighted by molar-refractivity contribution is 7.22. The van der Waals surface area contributed by atoms with E-state index in [1.165, 1.54) is 16.2 Å². The van der Waals surface area contributed by atoms with Gasteiger partial charge < -0.3 is 24.1 Å². The van der Waals surface area contributed by atoms with Gasteiger partial charge in [0.1, 0.15) is 23.4 Å². The monoisotopic (exact) mass is 642 g/mol. The molecule has 240 valence electrons. The number of aliphatic hydroxyl groups is 1. The molecule has 0 saturated carbocycles. The standard InChI is InChI=1S/C36H38N2O7S/c1-5-8-9-16-44-28-15-10-22(19-29(28)43-7-3)32-31(33(39)23-11-14-27-24(18-23)17-21(4)45-27)34(40)35(41)38(32)36-37-26-13-12-25(42-6-2)20-30(26)46-36/h10-15,18-21,32,39H,5-9,16-17H2,1-4H3. The van der Waals surface area contributed by atoms with Gasteiger partial charge >= 0.3 is 5.91 Å². The first kappa shape index (κ1) is 31.4. The Morgan fingerprint density at radius 1 is 0.978 bits per heavy atom. The van der Waals surface area contributed by atoms with Gasteiger partial charge in [-0.3, -0.25) is 14.5 Å². The van der Waals surface area contributed by atoms with Crippen molar-refractivity contribution in [2.45, 2.75) is 65.5 Å². The van der Waals surface area contributed by atoms with Gasteiger partial charge in [-0.25, -0.2) is 4.98 Å². The molecule has 1 N–H and O–H groups in total. The Hall–Kier alpha value is -4.57. The number of Topliss-reactive ketones (excluding diaryl/α,β-unsaturated/α-hetero) is 1. The fraction of sp³-hybridized carbons (Fsp3) is 0.361. The van der Waals surface area contributed by atoms with Crippen LogP contribution in [0.1, 0.15) is 69.7 Å². The molecule has 46 heavy (non-hydrogen) atoms. The summed E-state index contributed by atoms with van der Waals surface area (Å²) in [7, 11) is 0. The van der Waals surface area contributed by atoms with Crippen molar-refractivity contribution >= 4 is 44.1 Å². The molecule has 1 aromatic heterocycles. The third-order valence-electron chi connectivity index (χ3n) is 8.07. The molecule has 6 rings (SSSR count). The van der Waals surface area contributed by atoms with Crippen LogP contribution in [0.5, 0.6) is 23.0 Å². The van der Waals surface area contributed by atoms with Crippen LogP contribution in [-0.4, -0.2) is 47.7 Å². The van der Waals surface area contributed by atoms with Gasteiger partial charge in [0.15, 0.2) is 16.6 Å². The summed E-state index contributed by atoms with van der Waals surface area (Å²) in [5.74, 6) is 0.691. The van der Waals surface area contributed by atoms with Gasteiger partial charge in [-0.05, 0) is 86.8 Å². The van der Waals surface area contributed by atoms with E-state index in [-0.39, 0.29) is 17.4 Å². The average Bonchev–Trinajstić information content (AvgIpc) is 3.71. The average molecular weight is 643 g/mol. The molecule has 2 unspecified atom stereocenters. The van der Waals surface area contributed by atoms with Crippen LogP contribution in [0.15, 0.2) is 60.2 Å². The molecule has 2 aliphatic heterocycles. The number of hydrogen-bond donors (Lipinski definition) is 1. The Kier molecular flexibility index (Phi) is 9.17. The molecule has 1 amide bonds. The van der Waals surface area contributed by atoms with Crippen LogP contribution < -0.4 is 23.8 Å². The molecule has 9 nitrogen and oxygen atoms in total. The number of aromatic nitrogens is 1. The smallest absolute Gasteiger partial charge is 0.301 e. The second-order valence-corrected chi connectivity index (χ2v) is 12.4. The van der Waals surface area contributed by atoms with Crippen LogP contribution in [0.4, 0.5) is 5.13 Å². The highest BCUT2D eigenvalue weighted by atomic mass is 32.1. The van der Waals surface area contributed by atoms with Crippen molar-refractivity contribution in [2.24, 2.45) is 0 Å². The highest BCUT2D eigenvalue weighted by Gasteiger charge is 2.48. The molecule has 0 spiro atoms. The molecule has 2 aliphatic rings. The molecule has 0 radical (unpaired) electrons. The van der Waals surface area contributed by atoms with E-state index >= 15 is 0 Å². The normalized spacial score (nSPS) is 18.6. The zero-order valence-electron chi connectivity index (χ0n) is 26.5. The van der Waals surface area contributed by atoms with E-state index in [1.54, 1.807) is 24.3 Å². The number of ether oxygens (including phenoxy) is 4. The van der Waals surface area contributed by atoms with Crippen molar-refractivity contribution in [3.63, 3.8) is 0 Å². The number of amides is 1. The van der Waals surface area contributed by atoms with Crippen molar-refractivity contribution in [3.8, 4) is 23.0 Å². The number of thiazole rings is 1. The largest absolute Gasteiger partial charge is 0.507 e.